The number of nitrogens with zero attached hydrogens (tertiary/aromatic N) is 2. The topological polar surface area (TPSA) is 92.6 Å². The second kappa shape index (κ2) is 3.97. The number of hydrogen-bond acceptors (Lipinski definition) is 4. The van der Waals surface area contributed by atoms with Crippen LogP contribution in [-0.2, 0) is 16.6 Å². The molecule has 1 aliphatic heterocycles. The molecule has 0 saturated carbocycles. The van der Waals surface area contributed by atoms with Gasteiger partial charge in [-0.25, -0.2) is 4.72 Å². The molecule has 0 saturated heterocycles. The lowest BCUT2D eigenvalue weighted by Gasteiger charge is -2.17. The number of fused-ring (bicyclic) bond motifs is 1. The summed E-state index contributed by atoms with van der Waals surface area (Å²) in [6, 6.07) is 4.27. The van der Waals surface area contributed by atoms with E-state index in [0.717, 1.165) is 9.87 Å². The van der Waals surface area contributed by atoms with Gasteiger partial charge in [-0.1, -0.05) is 6.07 Å². The summed E-state index contributed by atoms with van der Waals surface area (Å²) in [5, 5.41) is 10.6. The Bertz CT molecular complexity index is 570. The molecule has 8 heteroatoms. The predicted octanol–water partition coefficient (Wildman–Crippen LogP) is 0.422. The summed E-state index contributed by atoms with van der Waals surface area (Å²) in [7, 11) is -2.28. The highest BCUT2D eigenvalue weighted by Gasteiger charge is 2.29. The second-order valence-corrected chi connectivity index (χ2v) is 5.40. The molecular formula is C9H11N3O4S. The molecule has 0 aromatic heterocycles. The molecule has 0 radical (unpaired) electrons. The SMILES string of the molecule is CNS(=O)(=O)N1CCc2ccc([N+](=O)[O-])cc21. The Hall–Kier alpha value is -1.67. The van der Waals surface area contributed by atoms with Gasteiger partial charge in [0.15, 0.2) is 0 Å². The van der Waals surface area contributed by atoms with E-state index in [9.17, 15) is 18.5 Å². The van der Waals surface area contributed by atoms with E-state index in [4.69, 9.17) is 0 Å². The van der Waals surface area contributed by atoms with Gasteiger partial charge in [-0.15, -0.1) is 0 Å². The molecule has 7 nitrogen and oxygen atoms in total. The van der Waals surface area contributed by atoms with E-state index < -0.39 is 15.1 Å². The van der Waals surface area contributed by atoms with Crippen molar-refractivity contribution in [3.05, 3.63) is 33.9 Å². The Kier molecular flexibility index (Phi) is 2.76. The lowest BCUT2D eigenvalue weighted by atomic mass is 10.1. The normalized spacial score (nSPS) is 14.8. The van der Waals surface area contributed by atoms with Crippen LogP contribution in [0.2, 0.25) is 0 Å². The molecular weight excluding hydrogens is 246 g/mol. The van der Waals surface area contributed by atoms with E-state index in [1.807, 2.05) is 0 Å². The van der Waals surface area contributed by atoms with Crippen molar-refractivity contribution in [1.82, 2.24) is 4.72 Å². The molecule has 17 heavy (non-hydrogen) atoms. The van der Waals surface area contributed by atoms with Crippen molar-refractivity contribution < 1.29 is 13.3 Å². The monoisotopic (exact) mass is 257 g/mol. The predicted molar refractivity (Wildman–Crippen MR) is 62.1 cm³/mol. The summed E-state index contributed by atoms with van der Waals surface area (Å²) < 4.78 is 26.7. The molecule has 1 aromatic rings. The molecule has 2 rings (SSSR count). The molecule has 0 spiro atoms. The van der Waals surface area contributed by atoms with Crippen molar-refractivity contribution in [2.24, 2.45) is 0 Å². The molecule has 0 aliphatic carbocycles. The molecule has 1 N–H and O–H groups in total. The van der Waals surface area contributed by atoms with Crippen LogP contribution >= 0.6 is 0 Å². The van der Waals surface area contributed by atoms with Gasteiger partial charge in [0.1, 0.15) is 0 Å². The molecule has 1 aromatic carbocycles. The number of benzene rings is 1. The third kappa shape index (κ3) is 1.96. The average Bonchev–Trinajstić information content (AvgIpc) is 2.72. The highest BCUT2D eigenvalue weighted by atomic mass is 32.2. The van der Waals surface area contributed by atoms with Crippen molar-refractivity contribution in [2.75, 3.05) is 17.9 Å². The maximum absolute atomic E-state index is 11.7. The van der Waals surface area contributed by atoms with Crippen LogP contribution in [0.25, 0.3) is 0 Å². The number of hydrogen-bond donors (Lipinski definition) is 1. The average molecular weight is 257 g/mol. The summed E-state index contributed by atoms with van der Waals surface area (Å²) in [6.45, 7) is 0.305. The van der Waals surface area contributed by atoms with Crippen molar-refractivity contribution >= 4 is 21.6 Å². The van der Waals surface area contributed by atoms with Crippen LogP contribution in [-0.4, -0.2) is 26.9 Å². The van der Waals surface area contributed by atoms with Crippen molar-refractivity contribution in [3.63, 3.8) is 0 Å². The third-order valence-electron chi connectivity index (χ3n) is 2.68. The Morgan fingerprint density at radius 1 is 1.47 bits per heavy atom. The molecule has 0 bridgehead atoms. The van der Waals surface area contributed by atoms with E-state index in [-0.39, 0.29) is 5.69 Å². The van der Waals surface area contributed by atoms with E-state index >= 15 is 0 Å². The van der Waals surface area contributed by atoms with Gasteiger partial charge in [-0.2, -0.15) is 8.42 Å². The van der Waals surface area contributed by atoms with Crippen molar-refractivity contribution in [2.45, 2.75) is 6.42 Å². The van der Waals surface area contributed by atoms with Gasteiger partial charge < -0.3 is 0 Å². The molecule has 1 heterocycles. The molecule has 0 fully saturated rings. The lowest BCUT2D eigenvalue weighted by molar-refractivity contribution is -0.384. The Morgan fingerprint density at radius 3 is 2.76 bits per heavy atom. The zero-order chi connectivity index (χ0) is 12.6. The smallest absolute Gasteiger partial charge is 0.258 e. The van der Waals surface area contributed by atoms with Gasteiger partial charge in [-0.3, -0.25) is 14.4 Å². The van der Waals surface area contributed by atoms with Crippen LogP contribution in [0.15, 0.2) is 18.2 Å². The Morgan fingerprint density at radius 2 is 2.18 bits per heavy atom. The van der Waals surface area contributed by atoms with Crippen molar-refractivity contribution in [1.29, 1.82) is 0 Å². The fourth-order valence-corrected chi connectivity index (χ4v) is 2.79. The fraction of sp³-hybridized carbons (Fsp3) is 0.333. The van der Waals surface area contributed by atoms with Crippen LogP contribution in [0.4, 0.5) is 11.4 Å². The molecule has 0 unspecified atom stereocenters. The maximum Gasteiger partial charge on any atom is 0.301 e. The van der Waals surface area contributed by atoms with E-state index in [0.29, 0.717) is 18.7 Å². The summed E-state index contributed by atoms with van der Waals surface area (Å²) in [4.78, 5) is 10.1. The first-order valence-electron chi connectivity index (χ1n) is 4.94. The van der Waals surface area contributed by atoms with Crippen LogP contribution in [0.3, 0.4) is 0 Å². The molecule has 0 amide bonds. The van der Waals surface area contributed by atoms with Crippen LogP contribution in [0, 0.1) is 10.1 Å². The third-order valence-corrected chi connectivity index (χ3v) is 4.16. The van der Waals surface area contributed by atoms with Crippen molar-refractivity contribution in [3.8, 4) is 0 Å². The fourth-order valence-electron chi connectivity index (χ4n) is 1.81. The molecule has 1 aliphatic rings. The number of nitro benzene ring substituents is 1. The zero-order valence-electron chi connectivity index (χ0n) is 9.08. The van der Waals surface area contributed by atoms with E-state index in [1.165, 1.54) is 19.2 Å². The second-order valence-electron chi connectivity index (χ2n) is 3.60. The van der Waals surface area contributed by atoms with Gasteiger partial charge in [0.05, 0.1) is 10.6 Å². The standard InChI is InChI=1S/C9H11N3O4S/c1-10-17(15,16)11-5-4-7-2-3-8(12(13)14)6-9(7)11/h2-3,6,10H,4-5H2,1H3. The summed E-state index contributed by atoms with van der Waals surface area (Å²) in [5.41, 5.74) is 1.07. The quantitative estimate of drug-likeness (QED) is 0.627. The maximum atomic E-state index is 11.7. The zero-order valence-corrected chi connectivity index (χ0v) is 9.90. The minimum absolute atomic E-state index is 0.109. The number of non-ortho nitro benzene ring substituents is 1. The van der Waals surface area contributed by atoms with Crippen LogP contribution in [0.1, 0.15) is 5.56 Å². The first kappa shape index (κ1) is 11.8. The number of nitrogens with one attached hydrogen (secondary N) is 1. The van der Waals surface area contributed by atoms with Gasteiger partial charge in [-0.05, 0) is 12.0 Å². The van der Waals surface area contributed by atoms with E-state index in [2.05, 4.69) is 4.72 Å². The minimum atomic E-state index is -3.59. The summed E-state index contributed by atoms with van der Waals surface area (Å²) >= 11 is 0. The number of anilines is 1. The van der Waals surface area contributed by atoms with Gasteiger partial charge >= 0.3 is 10.2 Å². The highest BCUT2D eigenvalue weighted by molar-refractivity contribution is 7.90. The molecule has 92 valence electrons. The van der Waals surface area contributed by atoms with Gasteiger partial charge in [0, 0.05) is 25.7 Å². The highest BCUT2D eigenvalue weighted by Crippen LogP contribution is 2.32. The first-order valence-corrected chi connectivity index (χ1v) is 6.38. The minimum Gasteiger partial charge on any atom is -0.258 e. The number of nitro groups is 1. The van der Waals surface area contributed by atoms with Gasteiger partial charge in [0.25, 0.3) is 5.69 Å². The Balaban J connectivity index is 2.50. The number of rotatable bonds is 3. The summed E-state index contributed by atoms with van der Waals surface area (Å²) in [5.74, 6) is 0. The van der Waals surface area contributed by atoms with Gasteiger partial charge in [0.2, 0.25) is 0 Å². The first-order chi connectivity index (χ1) is 7.95. The van der Waals surface area contributed by atoms with Crippen LogP contribution in [0.5, 0.6) is 0 Å². The van der Waals surface area contributed by atoms with Crippen LogP contribution < -0.4 is 9.03 Å². The van der Waals surface area contributed by atoms with E-state index in [1.54, 1.807) is 6.07 Å². The lowest BCUT2D eigenvalue weighted by Crippen LogP contribution is -2.37. The largest absolute Gasteiger partial charge is 0.301 e. The Labute approximate surface area is 98.4 Å². The summed E-state index contributed by atoms with van der Waals surface area (Å²) in [6.07, 6.45) is 0.564. The molecule has 0 atom stereocenters.